The van der Waals surface area contributed by atoms with Crippen molar-refractivity contribution in [3.63, 3.8) is 0 Å². The number of halogens is 1. The second-order valence-electron chi connectivity index (χ2n) is 6.30. The lowest BCUT2D eigenvalue weighted by molar-refractivity contribution is -0.132. The first-order chi connectivity index (χ1) is 11.2. The minimum atomic E-state index is -4.04. The van der Waals surface area contributed by atoms with Gasteiger partial charge in [0.25, 0.3) is 5.91 Å². The van der Waals surface area contributed by atoms with Crippen molar-refractivity contribution in [3.05, 3.63) is 29.6 Å². The summed E-state index contributed by atoms with van der Waals surface area (Å²) in [6, 6.07) is 2.87. The molecule has 3 N–H and O–H groups in total. The van der Waals surface area contributed by atoms with Crippen LogP contribution in [0.25, 0.3) is 0 Å². The fourth-order valence-corrected chi connectivity index (χ4v) is 3.92. The van der Waals surface area contributed by atoms with Gasteiger partial charge in [0.1, 0.15) is 5.82 Å². The maximum Gasteiger partial charge on any atom is 0.256 e. The molecular weight excluding hydrogens is 337 g/mol. The topological polar surface area (TPSA) is 110 Å². The van der Waals surface area contributed by atoms with Crippen LogP contribution in [0.5, 0.6) is 0 Å². The van der Waals surface area contributed by atoms with E-state index in [9.17, 15) is 22.4 Å². The number of likely N-dealkylation sites (tertiary alicyclic amines) is 1. The van der Waals surface area contributed by atoms with E-state index in [0.717, 1.165) is 24.6 Å². The molecule has 0 aliphatic carbocycles. The number of hydrogen-bond donors (Lipinski definition) is 2. The molecule has 2 heterocycles. The van der Waals surface area contributed by atoms with Crippen molar-refractivity contribution in [2.24, 2.45) is 10.6 Å². The summed E-state index contributed by atoms with van der Waals surface area (Å²) in [6.45, 7) is 1.15. The number of benzene rings is 1. The van der Waals surface area contributed by atoms with Gasteiger partial charge in [0.2, 0.25) is 15.9 Å². The zero-order valence-corrected chi connectivity index (χ0v) is 13.7. The Kier molecular flexibility index (Phi) is 4.08. The Balaban J connectivity index is 1.87. The van der Waals surface area contributed by atoms with E-state index < -0.39 is 27.2 Å². The molecule has 2 fully saturated rings. The van der Waals surface area contributed by atoms with Crippen LogP contribution >= 0.6 is 0 Å². The van der Waals surface area contributed by atoms with E-state index in [1.807, 2.05) is 0 Å². The van der Waals surface area contributed by atoms with Gasteiger partial charge in [-0.05, 0) is 37.5 Å². The van der Waals surface area contributed by atoms with Crippen molar-refractivity contribution in [2.75, 3.05) is 19.6 Å². The van der Waals surface area contributed by atoms with Crippen LogP contribution in [-0.2, 0) is 14.8 Å². The predicted octanol–water partition coefficient (Wildman–Crippen LogP) is 0.215. The number of piperidine rings is 1. The highest BCUT2D eigenvalue weighted by molar-refractivity contribution is 7.89. The lowest BCUT2D eigenvalue weighted by atomic mass is 9.79. The van der Waals surface area contributed by atoms with Crippen molar-refractivity contribution in [1.82, 2.24) is 10.2 Å². The minimum absolute atomic E-state index is 0.0807. The molecule has 0 saturated carbocycles. The van der Waals surface area contributed by atoms with Crippen molar-refractivity contribution < 1.29 is 22.4 Å². The van der Waals surface area contributed by atoms with Crippen molar-refractivity contribution in [1.29, 1.82) is 0 Å². The Hall–Kier alpha value is -2.00. The van der Waals surface area contributed by atoms with E-state index in [1.165, 1.54) is 4.90 Å². The van der Waals surface area contributed by atoms with Crippen LogP contribution in [0.3, 0.4) is 0 Å². The molecule has 2 saturated heterocycles. The highest BCUT2D eigenvalue weighted by Gasteiger charge is 2.47. The predicted molar refractivity (Wildman–Crippen MR) is 83.0 cm³/mol. The van der Waals surface area contributed by atoms with Gasteiger partial charge in [-0.1, -0.05) is 0 Å². The van der Waals surface area contributed by atoms with Gasteiger partial charge in [-0.2, -0.15) is 0 Å². The molecular formula is C15H18FN3O4S. The molecule has 9 heteroatoms. The largest absolute Gasteiger partial charge is 0.356 e. The number of nitrogens with zero attached hydrogens (tertiary/aromatic N) is 1. The Morgan fingerprint density at radius 1 is 1.33 bits per heavy atom. The van der Waals surface area contributed by atoms with Crippen molar-refractivity contribution >= 4 is 21.8 Å². The molecule has 24 heavy (non-hydrogen) atoms. The minimum Gasteiger partial charge on any atom is -0.356 e. The lowest BCUT2D eigenvalue weighted by Crippen LogP contribution is -2.47. The Bertz CT molecular complexity index is 811. The SMILES string of the molecule is NS(=O)(=O)c1ccc(F)c(C(=O)N2CCC3(CCCNC3=O)C2)c1. The zero-order chi connectivity index (χ0) is 17.5. The number of carbonyl (C=O) groups is 2. The maximum absolute atomic E-state index is 14.0. The second kappa shape index (κ2) is 5.82. The third-order valence-electron chi connectivity index (χ3n) is 4.74. The van der Waals surface area contributed by atoms with E-state index in [2.05, 4.69) is 5.32 Å². The molecule has 0 radical (unpaired) electrons. The van der Waals surface area contributed by atoms with Gasteiger partial charge in [0.15, 0.2) is 0 Å². The molecule has 2 aliphatic rings. The molecule has 1 atom stereocenters. The molecule has 1 spiro atoms. The van der Waals surface area contributed by atoms with Gasteiger partial charge in [-0.25, -0.2) is 17.9 Å². The first kappa shape index (κ1) is 16.8. The van der Waals surface area contributed by atoms with Gasteiger partial charge >= 0.3 is 0 Å². The van der Waals surface area contributed by atoms with E-state index in [-0.39, 0.29) is 22.9 Å². The number of rotatable bonds is 2. The van der Waals surface area contributed by atoms with Crippen LogP contribution in [0.2, 0.25) is 0 Å². The summed E-state index contributed by atoms with van der Waals surface area (Å²) in [5.74, 6) is -1.53. The monoisotopic (exact) mass is 355 g/mol. The average Bonchev–Trinajstić information content (AvgIpc) is 2.94. The summed E-state index contributed by atoms with van der Waals surface area (Å²) in [4.78, 5) is 25.8. The molecule has 2 aliphatic heterocycles. The summed E-state index contributed by atoms with van der Waals surface area (Å²) in [5, 5.41) is 7.84. The number of amides is 2. The number of sulfonamides is 1. The molecule has 1 unspecified atom stereocenters. The van der Waals surface area contributed by atoms with E-state index in [4.69, 9.17) is 5.14 Å². The van der Waals surface area contributed by atoms with Gasteiger partial charge in [0.05, 0.1) is 15.9 Å². The number of carbonyl (C=O) groups excluding carboxylic acids is 2. The highest BCUT2D eigenvalue weighted by Crippen LogP contribution is 2.38. The van der Waals surface area contributed by atoms with Gasteiger partial charge in [-0.15, -0.1) is 0 Å². The fourth-order valence-electron chi connectivity index (χ4n) is 3.38. The number of hydrogen-bond acceptors (Lipinski definition) is 4. The Morgan fingerprint density at radius 3 is 2.75 bits per heavy atom. The van der Waals surface area contributed by atoms with Crippen LogP contribution in [0.15, 0.2) is 23.1 Å². The van der Waals surface area contributed by atoms with Gasteiger partial charge in [0, 0.05) is 19.6 Å². The van der Waals surface area contributed by atoms with Crippen LogP contribution < -0.4 is 10.5 Å². The standard InChI is InChI=1S/C15H18FN3O4S/c16-12-3-2-10(24(17,22)23)8-11(12)13(20)19-7-5-15(9-19)4-1-6-18-14(15)21/h2-3,8H,1,4-7,9H2,(H,18,21)(H2,17,22,23). The van der Waals surface area contributed by atoms with Crippen LogP contribution in [0, 0.1) is 11.2 Å². The van der Waals surface area contributed by atoms with Gasteiger partial charge < -0.3 is 10.2 Å². The summed E-state index contributed by atoms with van der Waals surface area (Å²) < 4.78 is 36.8. The third-order valence-corrected chi connectivity index (χ3v) is 5.65. The summed E-state index contributed by atoms with van der Waals surface area (Å²) in [6.07, 6.45) is 2.03. The lowest BCUT2D eigenvalue weighted by Gasteiger charge is -2.32. The van der Waals surface area contributed by atoms with E-state index >= 15 is 0 Å². The summed E-state index contributed by atoms with van der Waals surface area (Å²) >= 11 is 0. The van der Waals surface area contributed by atoms with Gasteiger partial charge in [-0.3, -0.25) is 9.59 Å². The van der Waals surface area contributed by atoms with E-state index in [1.54, 1.807) is 0 Å². The first-order valence-corrected chi connectivity index (χ1v) is 9.18. The Labute approximate surface area is 139 Å². The molecule has 130 valence electrons. The van der Waals surface area contributed by atoms with Crippen LogP contribution in [-0.4, -0.2) is 44.8 Å². The van der Waals surface area contributed by atoms with Crippen LogP contribution in [0.1, 0.15) is 29.6 Å². The molecule has 0 aromatic heterocycles. The number of nitrogens with one attached hydrogen (secondary N) is 1. The average molecular weight is 355 g/mol. The van der Waals surface area contributed by atoms with E-state index in [0.29, 0.717) is 25.9 Å². The third kappa shape index (κ3) is 2.89. The number of primary sulfonamides is 1. The molecule has 7 nitrogen and oxygen atoms in total. The van der Waals surface area contributed by atoms with Crippen LogP contribution in [0.4, 0.5) is 4.39 Å². The quantitative estimate of drug-likeness (QED) is 0.790. The second-order valence-corrected chi connectivity index (χ2v) is 7.86. The zero-order valence-electron chi connectivity index (χ0n) is 12.9. The van der Waals surface area contributed by atoms with Crippen molar-refractivity contribution in [3.8, 4) is 0 Å². The first-order valence-electron chi connectivity index (χ1n) is 7.63. The molecule has 1 aromatic rings. The molecule has 1 aromatic carbocycles. The molecule has 0 bridgehead atoms. The number of nitrogens with two attached hydrogens (primary N) is 1. The normalized spacial score (nSPS) is 24.2. The molecule has 3 rings (SSSR count). The maximum atomic E-state index is 14.0. The Morgan fingerprint density at radius 2 is 2.08 bits per heavy atom. The fraction of sp³-hybridized carbons (Fsp3) is 0.467. The smallest absolute Gasteiger partial charge is 0.256 e. The summed E-state index contributed by atoms with van der Waals surface area (Å²) in [5.41, 5.74) is -0.975. The van der Waals surface area contributed by atoms with Crippen molar-refractivity contribution in [2.45, 2.75) is 24.2 Å². The highest BCUT2D eigenvalue weighted by atomic mass is 32.2. The molecule has 2 amide bonds. The summed E-state index contributed by atoms with van der Waals surface area (Å²) in [7, 11) is -4.04.